The molecule has 1 saturated heterocycles. The van der Waals surface area contributed by atoms with Crippen LogP contribution in [0.5, 0.6) is 0 Å². The van der Waals surface area contributed by atoms with Gasteiger partial charge in [0.1, 0.15) is 0 Å². The first-order valence-electron chi connectivity index (χ1n) is 8.11. The molecule has 0 atom stereocenters. The second-order valence-corrected chi connectivity index (χ2v) is 8.47. The molecule has 1 heterocycles. The Bertz CT molecular complexity index is 619. The van der Waals surface area contributed by atoms with Crippen LogP contribution in [0.4, 0.5) is 0 Å². The minimum atomic E-state index is -3.50. The molecule has 0 saturated carbocycles. The maximum Gasteiger partial charge on any atom is 0.327 e. The third-order valence-corrected chi connectivity index (χ3v) is 7.06. The summed E-state index contributed by atoms with van der Waals surface area (Å²) in [5.41, 5.74) is 1.19. The number of carbonyl (C=O) groups is 1. The number of ether oxygens (including phenoxy) is 1. The van der Waals surface area contributed by atoms with Crippen LogP contribution in [-0.4, -0.2) is 49.5 Å². The van der Waals surface area contributed by atoms with Crippen molar-refractivity contribution >= 4 is 15.8 Å². The lowest BCUT2D eigenvalue weighted by atomic mass is 9.95. The van der Waals surface area contributed by atoms with E-state index in [1.165, 1.54) is 5.56 Å². The summed E-state index contributed by atoms with van der Waals surface area (Å²) in [4.78, 5) is 14.6. The smallest absolute Gasteiger partial charge is 0.327 e. The van der Waals surface area contributed by atoms with E-state index in [1.807, 2.05) is 18.2 Å². The maximum absolute atomic E-state index is 12.5. The molecule has 1 fully saturated rings. The van der Waals surface area contributed by atoms with Crippen LogP contribution >= 0.6 is 0 Å². The average molecular weight is 339 g/mol. The minimum absolute atomic E-state index is 0.0372. The fraction of sp³-hybridized carbons (Fsp3) is 0.588. The fourth-order valence-corrected chi connectivity index (χ4v) is 4.77. The first-order valence-corrected chi connectivity index (χ1v) is 9.76. The largest absolute Gasteiger partial charge is 0.465 e. The summed E-state index contributed by atoms with van der Waals surface area (Å²) in [6, 6.07) is 10.1. The summed E-state index contributed by atoms with van der Waals surface area (Å²) in [5.74, 6) is -0.619. The van der Waals surface area contributed by atoms with Crippen LogP contribution in [0.2, 0.25) is 0 Å². The Hall–Kier alpha value is -1.40. The van der Waals surface area contributed by atoms with E-state index in [0.717, 1.165) is 6.54 Å². The maximum atomic E-state index is 12.5. The van der Waals surface area contributed by atoms with Gasteiger partial charge in [-0.25, -0.2) is 8.42 Å². The third kappa shape index (κ3) is 3.75. The molecular weight excluding hydrogens is 314 g/mol. The molecule has 0 aliphatic carbocycles. The highest BCUT2D eigenvalue weighted by Crippen LogP contribution is 2.33. The van der Waals surface area contributed by atoms with E-state index < -0.39 is 20.6 Å². The third-order valence-electron chi connectivity index (χ3n) is 4.54. The van der Waals surface area contributed by atoms with Crippen LogP contribution in [0.3, 0.4) is 0 Å². The number of benzene rings is 1. The van der Waals surface area contributed by atoms with Gasteiger partial charge in [-0.2, -0.15) is 0 Å². The van der Waals surface area contributed by atoms with E-state index >= 15 is 0 Å². The van der Waals surface area contributed by atoms with Gasteiger partial charge in [0.15, 0.2) is 14.6 Å². The van der Waals surface area contributed by atoms with E-state index in [-0.39, 0.29) is 12.4 Å². The molecule has 1 aromatic rings. The molecule has 0 amide bonds. The topological polar surface area (TPSA) is 63.7 Å². The Balaban J connectivity index is 2.12. The zero-order valence-corrected chi connectivity index (χ0v) is 14.6. The molecule has 0 spiro atoms. The number of esters is 1. The number of hydrogen-bond acceptors (Lipinski definition) is 5. The van der Waals surface area contributed by atoms with Gasteiger partial charge in [0.05, 0.1) is 6.61 Å². The van der Waals surface area contributed by atoms with Gasteiger partial charge < -0.3 is 4.74 Å². The summed E-state index contributed by atoms with van der Waals surface area (Å²) < 4.78 is 28.8. The standard InChI is InChI=1S/C17H25NO4S/c1-3-22-16(19)17(23(20,21)4-2)10-12-18(13-11-17)14-15-8-6-5-7-9-15/h5-9H,3-4,10-14H2,1-2H3. The fourth-order valence-electron chi connectivity index (χ4n) is 3.09. The predicted octanol–water partition coefficient (Wildman–Crippen LogP) is 2.02. The van der Waals surface area contributed by atoms with Gasteiger partial charge in [0.25, 0.3) is 0 Å². The summed E-state index contributed by atoms with van der Waals surface area (Å²) in [5, 5.41) is 0. The molecule has 0 aromatic heterocycles. The van der Waals surface area contributed by atoms with Crippen molar-refractivity contribution in [2.75, 3.05) is 25.4 Å². The van der Waals surface area contributed by atoms with Crippen molar-refractivity contribution in [1.29, 1.82) is 0 Å². The van der Waals surface area contributed by atoms with Crippen molar-refractivity contribution in [3.05, 3.63) is 35.9 Å². The van der Waals surface area contributed by atoms with Gasteiger partial charge >= 0.3 is 5.97 Å². The van der Waals surface area contributed by atoms with Gasteiger partial charge in [0.2, 0.25) is 0 Å². The summed E-state index contributed by atoms with van der Waals surface area (Å²) in [6.45, 7) is 5.42. The highest BCUT2D eigenvalue weighted by molar-refractivity contribution is 7.93. The summed E-state index contributed by atoms with van der Waals surface area (Å²) >= 11 is 0. The molecule has 23 heavy (non-hydrogen) atoms. The Kier molecular flexibility index (Phi) is 5.81. The van der Waals surface area contributed by atoms with E-state index in [9.17, 15) is 13.2 Å². The van der Waals surface area contributed by atoms with Gasteiger partial charge in [-0.05, 0) is 25.3 Å². The lowest BCUT2D eigenvalue weighted by molar-refractivity contribution is -0.147. The first kappa shape index (κ1) is 17.9. The van der Waals surface area contributed by atoms with Crippen molar-refractivity contribution < 1.29 is 17.9 Å². The van der Waals surface area contributed by atoms with Crippen LogP contribution in [0.1, 0.15) is 32.3 Å². The van der Waals surface area contributed by atoms with Crippen LogP contribution in [0, 0.1) is 0 Å². The molecule has 6 heteroatoms. The van der Waals surface area contributed by atoms with Crippen molar-refractivity contribution in [2.45, 2.75) is 38.0 Å². The van der Waals surface area contributed by atoms with Crippen LogP contribution in [0.25, 0.3) is 0 Å². The second kappa shape index (κ2) is 7.45. The number of nitrogens with zero attached hydrogens (tertiary/aromatic N) is 1. The van der Waals surface area contributed by atoms with Gasteiger partial charge in [-0.1, -0.05) is 37.3 Å². The van der Waals surface area contributed by atoms with Crippen LogP contribution in [0.15, 0.2) is 30.3 Å². The van der Waals surface area contributed by atoms with Crippen molar-refractivity contribution in [3.63, 3.8) is 0 Å². The number of likely N-dealkylation sites (tertiary alicyclic amines) is 1. The minimum Gasteiger partial charge on any atom is -0.465 e. The monoisotopic (exact) mass is 339 g/mol. The van der Waals surface area contributed by atoms with Gasteiger partial charge in [-0.15, -0.1) is 0 Å². The molecule has 0 radical (unpaired) electrons. The zero-order chi connectivity index (χ0) is 16.9. The zero-order valence-electron chi connectivity index (χ0n) is 13.8. The average Bonchev–Trinajstić information content (AvgIpc) is 2.56. The molecule has 0 bridgehead atoms. The molecular formula is C17H25NO4S. The van der Waals surface area contributed by atoms with Gasteiger partial charge in [0, 0.05) is 25.4 Å². The number of carbonyl (C=O) groups excluding carboxylic acids is 1. The first-order chi connectivity index (χ1) is 10.9. The molecule has 1 aromatic carbocycles. The van der Waals surface area contributed by atoms with E-state index in [4.69, 9.17) is 4.74 Å². The quantitative estimate of drug-likeness (QED) is 0.742. The molecule has 5 nitrogen and oxygen atoms in total. The Morgan fingerprint density at radius 3 is 2.30 bits per heavy atom. The predicted molar refractivity (Wildman–Crippen MR) is 89.8 cm³/mol. The van der Waals surface area contributed by atoms with E-state index in [0.29, 0.717) is 25.9 Å². The Morgan fingerprint density at radius 2 is 1.78 bits per heavy atom. The highest BCUT2D eigenvalue weighted by Gasteiger charge is 2.52. The highest BCUT2D eigenvalue weighted by atomic mass is 32.2. The Labute approximate surface area is 138 Å². The molecule has 0 unspecified atom stereocenters. The number of sulfone groups is 1. The number of piperidine rings is 1. The van der Waals surface area contributed by atoms with Crippen molar-refractivity contribution in [3.8, 4) is 0 Å². The van der Waals surface area contributed by atoms with E-state index in [2.05, 4.69) is 17.0 Å². The summed E-state index contributed by atoms with van der Waals surface area (Å²) in [6.07, 6.45) is 0.601. The van der Waals surface area contributed by atoms with Crippen LogP contribution in [-0.2, 0) is 25.9 Å². The van der Waals surface area contributed by atoms with Crippen LogP contribution < -0.4 is 0 Å². The lowest BCUT2D eigenvalue weighted by Gasteiger charge is -2.39. The Morgan fingerprint density at radius 1 is 1.17 bits per heavy atom. The van der Waals surface area contributed by atoms with Crippen molar-refractivity contribution in [1.82, 2.24) is 4.90 Å². The molecule has 2 rings (SSSR count). The number of hydrogen-bond donors (Lipinski definition) is 0. The molecule has 1 aliphatic rings. The summed E-state index contributed by atoms with van der Waals surface area (Å²) in [7, 11) is -3.50. The number of rotatable bonds is 6. The molecule has 0 N–H and O–H groups in total. The van der Waals surface area contributed by atoms with E-state index in [1.54, 1.807) is 13.8 Å². The SMILES string of the molecule is CCOC(=O)C1(S(=O)(=O)CC)CCN(Cc2ccccc2)CC1. The molecule has 1 aliphatic heterocycles. The molecule has 128 valence electrons. The lowest BCUT2D eigenvalue weighted by Crippen LogP contribution is -2.55. The van der Waals surface area contributed by atoms with Gasteiger partial charge in [-0.3, -0.25) is 9.69 Å². The normalized spacial score (nSPS) is 18.5. The second-order valence-electron chi connectivity index (χ2n) is 5.88. The van der Waals surface area contributed by atoms with Crippen molar-refractivity contribution in [2.24, 2.45) is 0 Å².